The number of hydrogen-bond acceptors (Lipinski definition) is 5. The molecule has 2 rings (SSSR count). The van der Waals surface area contributed by atoms with Crippen LogP contribution in [-0.4, -0.2) is 23.0 Å². The van der Waals surface area contributed by atoms with E-state index in [9.17, 15) is 19.7 Å². The predicted molar refractivity (Wildman–Crippen MR) is 90.7 cm³/mol. The number of nitrogens with two attached hydrogens (primary N) is 1. The van der Waals surface area contributed by atoms with Gasteiger partial charge in [0.15, 0.2) is 0 Å². The minimum Gasteiger partial charge on any atom is -0.368 e. The number of amides is 2. The van der Waals surface area contributed by atoms with E-state index in [1.807, 2.05) is 0 Å². The van der Waals surface area contributed by atoms with E-state index in [1.165, 1.54) is 23.9 Å². The molecule has 7 nitrogen and oxygen atoms in total. The summed E-state index contributed by atoms with van der Waals surface area (Å²) in [5.74, 6) is -1.48. The maximum atomic E-state index is 12.5. The third kappa shape index (κ3) is 3.90. The molecule has 0 fully saturated rings. The molecule has 0 aliphatic heterocycles. The Balaban J connectivity index is 2.37. The first-order valence-corrected chi connectivity index (χ1v) is 8.14. The molecule has 0 radical (unpaired) electrons. The number of nitrogens with zero attached hydrogens (tertiary/aromatic N) is 1. The number of nitro groups is 1. The van der Waals surface area contributed by atoms with E-state index in [4.69, 9.17) is 5.73 Å². The third-order valence-corrected chi connectivity index (χ3v) is 4.06. The highest BCUT2D eigenvalue weighted by molar-refractivity contribution is 7.98. The van der Waals surface area contributed by atoms with Gasteiger partial charge in [0.1, 0.15) is 11.6 Å². The van der Waals surface area contributed by atoms with Gasteiger partial charge in [-0.25, -0.2) is 0 Å². The van der Waals surface area contributed by atoms with Crippen molar-refractivity contribution in [3.63, 3.8) is 0 Å². The van der Waals surface area contributed by atoms with Gasteiger partial charge in [-0.3, -0.25) is 19.7 Å². The fraction of sp³-hybridized carbons (Fsp3) is 0.125. The quantitative estimate of drug-likeness (QED) is 0.473. The molecule has 0 aliphatic rings. The normalized spacial score (nSPS) is 11.5. The maximum Gasteiger partial charge on any atom is 0.282 e. The first kappa shape index (κ1) is 17.5. The molecule has 0 saturated heterocycles. The lowest BCUT2D eigenvalue weighted by molar-refractivity contribution is -0.385. The summed E-state index contributed by atoms with van der Waals surface area (Å²) in [4.78, 5) is 35.4. The van der Waals surface area contributed by atoms with Gasteiger partial charge >= 0.3 is 0 Å². The van der Waals surface area contributed by atoms with Crippen LogP contribution in [-0.2, 0) is 4.79 Å². The van der Waals surface area contributed by atoms with Gasteiger partial charge in [-0.05, 0) is 24.0 Å². The number of carbonyl (C=O) groups excluding carboxylic acids is 2. The Morgan fingerprint density at radius 1 is 1.21 bits per heavy atom. The van der Waals surface area contributed by atoms with E-state index in [1.54, 1.807) is 42.7 Å². The van der Waals surface area contributed by atoms with Crippen LogP contribution in [0.3, 0.4) is 0 Å². The maximum absolute atomic E-state index is 12.5. The van der Waals surface area contributed by atoms with Crippen molar-refractivity contribution in [1.29, 1.82) is 0 Å². The minimum absolute atomic E-state index is 0.117. The number of nitrogens with one attached hydrogen (secondary N) is 1. The zero-order valence-electron chi connectivity index (χ0n) is 12.8. The van der Waals surface area contributed by atoms with Crippen molar-refractivity contribution in [3.05, 3.63) is 69.8 Å². The second-order valence-electron chi connectivity index (χ2n) is 4.86. The van der Waals surface area contributed by atoms with Crippen molar-refractivity contribution in [2.45, 2.75) is 10.9 Å². The Labute approximate surface area is 142 Å². The summed E-state index contributed by atoms with van der Waals surface area (Å²) in [5.41, 5.74) is 5.41. The molecule has 8 heteroatoms. The fourth-order valence-corrected chi connectivity index (χ4v) is 2.60. The zero-order valence-corrected chi connectivity index (χ0v) is 13.6. The van der Waals surface area contributed by atoms with E-state index in [0.29, 0.717) is 10.5 Å². The molecule has 124 valence electrons. The Kier molecular flexibility index (Phi) is 5.54. The summed E-state index contributed by atoms with van der Waals surface area (Å²) in [6.07, 6.45) is 1.79. The molecular formula is C16H15N3O4S. The monoisotopic (exact) mass is 345 g/mol. The highest BCUT2D eigenvalue weighted by Gasteiger charge is 2.26. The SMILES string of the molecule is CSc1ccc([N+](=O)[O-])c(C(=O)NC(C(N)=O)c2ccccc2)c1. The molecule has 1 unspecified atom stereocenters. The first-order valence-electron chi connectivity index (χ1n) is 6.91. The molecule has 3 N–H and O–H groups in total. The lowest BCUT2D eigenvalue weighted by Gasteiger charge is -2.16. The number of nitro benzene ring substituents is 1. The van der Waals surface area contributed by atoms with Crippen molar-refractivity contribution in [1.82, 2.24) is 5.32 Å². The third-order valence-electron chi connectivity index (χ3n) is 3.34. The van der Waals surface area contributed by atoms with E-state index in [0.717, 1.165) is 0 Å². The summed E-state index contributed by atoms with van der Waals surface area (Å²) in [7, 11) is 0. The summed E-state index contributed by atoms with van der Waals surface area (Å²) in [6.45, 7) is 0. The molecule has 1 atom stereocenters. The predicted octanol–water partition coefficient (Wildman–Crippen LogP) is 2.27. The van der Waals surface area contributed by atoms with E-state index in [-0.39, 0.29) is 11.3 Å². The van der Waals surface area contributed by atoms with Crippen LogP contribution in [0, 0.1) is 10.1 Å². The summed E-state index contributed by atoms with van der Waals surface area (Å²) < 4.78 is 0. The molecule has 0 aliphatic carbocycles. The van der Waals surface area contributed by atoms with Crippen molar-refractivity contribution in [2.24, 2.45) is 5.73 Å². The molecule has 2 amide bonds. The molecule has 24 heavy (non-hydrogen) atoms. The Hall–Kier alpha value is -2.87. The first-order chi connectivity index (χ1) is 11.4. The second-order valence-corrected chi connectivity index (χ2v) is 5.74. The van der Waals surface area contributed by atoms with Gasteiger partial charge in [-0.2, -0.15) is 0 Å². The van der Waals surface area contributed by atoms with Crippen LogP contribution in [0.5, 0.6) is 0 Å². The lowest BCUT2D eigenvalue weighted by atomic mass is 10.1. The van der Waals surface area contributed by atoms with Crippen molar-refractivity contribution >= 4 is 29.3 Å². The highest BCUT2D eigenvalue weighted by atomic mass is 32.2. The molecule has 2 aromatic rings. The van der Waals surface area contributed by atoms with Gasteiger partial charge in [-0.1, -0.05) is 30.3 Å². The standard InChI is InChI=1S/C16H15N3O4S/c1-24-11-7-8-13(19(22)23)12(9-11)16(21)18-14(15(17)20)10-5-3-2-4-6-10/h2-9,14H,1H3,(H2,17,20)(H,18,21). The summed E-state index contributed by atoms with van der Waals surface area (Å²) in [5, 5.41) is 13.6. The summed E-state index contributed by atoms with van der Waals surface area (Å²) in [6, 6.07) is 11.6. The Morgan fingerprint density at radius 3 is 2.42 bits per heavy atom. The van der Waals surface area contributed by atoms with Gasteiger partial charge in [0.2, 0.25) is 5.91 Å². The van der Waals surface area contributed by atoms with Crippen LogP contribution in [0.25, 0.3) is 0 Å². The van der Waals surface area contributed by atoms with Crippen molar-refractivity contribution in [2.75, 3.05) is 6.26 Å². The van der Waals surface area contributed by atoms with Gasteiger partial charge in [-0.15, -0.1) is 11.8 Å². The molecule has 0 aromatic heterocycles. The van der Waals surface area contributed by atoms with Crippen LogP contribution in [0.2, 0.25) is 0 Å². The number of thioether (sulfide) groups is 1. The van der Waals surface area contributed by atoms with Crippen LogP contribution in [0.1, 0.15) is 22.0 Å². The molecule has 2 aromatic carbocycles. The number of rotatable bonds is 6. The highest BCUT2D eigenvalue weighted by Crippen LogP contribution is 2.25. The van der Waals surface area contributed by atoms with Crippen LogP contribution >= 0.6 is 11.8 Å². The van der Waals surface area contributed by atoms with Crippen LogP contribution in [0.15, 0.2) is 53.4 Å². The fourth-order valence-electron chi connectivity index (χ4n) is 2.16. The number of carbonyl (C=O) groups is 2. The molecular weight excluding hydrogens is 330 g/mol. The Bertz CT molecular complexity index is 780. The van der Waals surface area contributed by atoms with Crippen molar-refractivity contribution < 1.29 is 14.5 Å². The van der Waals surface area contributed by atoms with Crippen LogP contribution < -0.4 is 11.1 Å². The average molecular weight is 345 g/mol. The number of primary amides is 1. The lowest BCUT2D eigenvalue weighted by Crippen LogP contribution is -2.37. The van der Waals surface area contributed by atoms with Gasteiger partial charge in [0.05, 0.1) is 4.92 Å². The van der Waals surface area contributed by atoms with E-state index in [2.05, 4.69) is 5.32 Å². The topological polar surface area (TPSA) is 115 Å². The summed E-state index contributed by atoms with van der Waals surface area (Å²) >= 11 is 1.35. The van der Waals surface area contributed by atoms with Gasteiger partial charge in [0.25, 0.3) is 11.6 Å². The zero-order chi connectivity index (χ0) is 17.7. The Morgan fingerprint density at radius 2 is 1.88 bits per heavy atom. The largest absolute Gasteiger partial charge is 0.368 e. The van der Waals surface area contributed by atoms with Gasteiger partial charge in [0, 0.05) is 11.0 Å². The number of hydrogen-bond donors (Lipinski definition) is 2. The molecule has 0 spiro atoms. The van der Waals surface area contributed by atoms with Gasteiger partial charge < -0.3 is 11.1 Å². The number of benzene rings is 2. The van der Waals surface area contributed by atoms with Crippen LogP contribution in [0.4, 0.5) is 5.69 Å². The van der Waals surface area contributed by atoms with E-state index >= 15 is 0 Å². The minimum atomic E-state index is -1.07. The average Bonchev–Trinajstić information content (AvgIpc) is 2.59. The van der Waals surface area contributed by atoms with Crippen molar-refractivity contribution in [3.8, 4) is 0 Å². The smallest absolute Gasteiger partial charge is 0.282 e. The molecule has 0 heterocycles. The molecule has 0 bridgehead atoms. The molecule has 0 saturated carbocycles. The second kappa shape index (κ2) is 7.60. The van der Waals surface area contributed by atoms with E-state index < -0.39 is 22.8 Å².